The molecule has 0 aromatic heterocycles. The molecule has 0 N–H and O–H groups in total. The van der Waals surface area contributed by atoms with Crippen LogP contribution in [0.15, 0.2) is 48.5 Å². The third kappa shape index (κ3) is 4.98. The molecule has 0 bridgehead atoms. The summed E-state index contributed by atoms with van der Waals surface area (Å²) in [5.74, 6) is 0.191. The van der Waals surface area contributed by atoms with Gasteiger partial charge in [-0.15, -0.1) is 0 Å². The summed E-state index contributed by atoms with van der Waals surface area (Å²) in [5.41, 5.74) is 1.29. The van der Waals surface area contributed by atoms with Crippen LogP contribution in [-0.4, -0.2) is 50.4 Å². The van der Waals surface area contributed by atoms with Crippen LogP contribution in [-0.2, 0) is 20.8 Å². The van der Waals surface area contributed by atoms with E-state index in [1.807, 2.05) is 30.3 Å². The van der Waals surface area contributed by atoms with Crippen LogP contribution in [0, 0.1) is 0 Å². The fraction of sp³-hybridized carbons (Fsp3) is 0.300. The summed E-state index contributed by atoms with van der Waals surface area (Å²) < 4.78 is 20.7. The van der Waals surface area contributed by atoms with Gasteiger partial charge in [-0.1, -0.05) is 30.3 Å². The van der Waals surface area contributed by atoms with Crippen molar-refractivity contribution in [3.63, 3.8) is 0 Å². The number of fused-ring (bicyclic) bond motifs is 1. The number of ether oxygens (including phenoxy) is 4. The highest BCUT2D eigenvalue weighted by atomic mass is 16.7. The van der Waals surface area contributed by atoms with Gasteiger partial charge in [-0.25, -0.2) is 4.79 Å². The van der Waals surface area contributed by atoms with E-state index in [0.717, 1.165) is 5.56 Å². The Morgan fingerprint density at radius 2 is 1.85 bits per heavy atom. The predicted octanol–water partition coefficient (Wildman–Crippen LogP) is 2.25. The lowest BCUT2D eigenvalue weighted by molar-refractivity contribution is -0.135. The van der Waals surface area contributed by atoms with Crippen LogP contribution < -0.4 is 9.47 Å². The molecule has 0 saturated heterocycles. The molecule has 0 radical (unpaired) electrons. The summed E-state index contributed by atoms with van der Waals surface area (Å²) in [6, 6.07) is 14.4. The van der Waals surface area contributed by atoms with Crippen molar-refractivity contribution >= 4 is 11.9 Å². The van der Waals surface area contributed by atoms with Gasteiger partial charge < -0.3 is 23.8 Å². The lowest BCUT2D eigenvalue weighted by Gasteiger charge is -2.22. The zero-order chi connectivity index (χ0) is 19.1. The SMILES string of the molecule is COCCN(Cc1ccccc1)C(=O)COC(=O)c1ccc2c(c1)OCO2. The number of carbonyl (C=O) groups is 2. The van der Waals surface area contributed by atoms with E-state index in [9.17, 15) is 9.59 Å². The van der Waals surface area contributed by atoms with Crippen molar-refractivity contribution in [3.8, 4) is 11.5 Å². The van der Waals surface area contributed by atoms with Crippen LogP contribution >= 0.6 is 0 Å². The number of carbonyl (C=O) groups excluding carboxylic acids is 2. The fourth-order valence-electron chi connectivity index (χ4n) is 2.62. The highest BCUT2D eigenvalue weighted by Crippen LogP contribution is 2.32. The Bertz CT molecular complexity index is 792. The molecule has 0 atom stereocenters. The second-order valence-corrected chi connectivity index (χ2v) is 5.94. The summed E-state index contributed by atoms with van der Waals surface area (Å²) in [6.45, 7) is 1.01. The van der Waals surface area contributed by atoms with Gasteiger partial charge in [0.25, 0.3) is 5.91 Å². The maximum Gasteiger partial charge on any atom is 0.338 e. The Hall–Kier alpha value is -3.06. The average molecular weight is 371 g/mol. The van der Waals surface area contributed by atoms with Gasteiger partial charge in [0.15, 0.2) is 18.1 Å². The second kappa shape index (κ2) is 9.05. The number of amides is 1. The van der Waals surface area contributed by atoms with Crippen molar-refractivity contribution in [1.82, 2.24) is 4.90 Å². The van der Waals surface area contributed by atoms with E-state index in [1.54, 1.807) is 30.2 Å². The van der Waals surface area contributed by atoms with E-state index in [-0.39, 0.29) is 19.3 Å². The van der Waals surface area contributed by atoms with Crippen LogP contribution in [0.1, 0.15) is 15.9 Å². The van der Waals surface area contributed by atoms with Crippen molar-refractivity contribution in [2.24, 2.45) is 0 Å². The highest BCUT2D eigenvalue weighted by molar-refractivity contribution is 5.92. The van der Waals surface area contributed by atoms with Gasteiger partial charge in [0.2, 0.25) is 6.79 Å². The number of methoxy groups -OCH3 is 1. The molecule has 7 nitrogen and oxygen atoms in total. The molecule has 1 heterocycles. The topological polar surface area (TPSA) is 74.3 Å². The van der Waals surface area contributed by atoms with Crippen LogP contribution in [0.3, 0.4) is 0 Å². The normalized spacial score (nSPS) is 11.9. The first-order valence-corrected chi connectivity index (χ1v) is 8.55. The molecule has 2 aromatic carbocycles. The number of esters is 1. The molecule has 3 rings (SSSR count). The van der Waals surface area contributed by atoms with Crippen molar-refractivity contribution in [2.75, 3.05) is 33.7 Å². The summed E-state index contributed by atoms with van der Waals surface area (Å²) in [4.78, 5) is 26.4. The van der Waals surface area contributed by atoms with Crippen LogP contribution in [0.4, 0.5) is 0 Å². The predicted molar refractivity (Wildman–Crippen MR) is 96.6 cm³/mol. The van der Waals surface area contributed by atoms with Gasteiger partial charge in [-0.3, -0.25) is 4.79 Å². The number of hydrogen-bond acceptors (Lipinski definition) is 6. The van der Waals surface area contributed by atoms with Crippen LogP contribution in [0.2, 0.25) is 0 Å². The summed E-state index contributed by atoms with van der Waals surface area (Å²) in [7, 11) is 1.57. The maximum absolute atomic E-state index is 12.5. The summed E-state index contributed by atoms with van der Waals surface area (Å²) >= 11 is 0. The third-order valence-corrected chi connectivity index (χ3v) is 4.07. The smallest absolute Gasteiger partial charge is 0.338 e. The standard InChI is InChI=1S/C20H21NO6/c1-24-10-9-21(12-15-5-3-2-4-6-15)19(22)13-25-20(23)16-7-8-17-18(11-16)27-14-26-17/h2-8,11H,9-10,12-14H2,1H3. The largest absolute Gasteiger partial charge is 0.454 e. The molecule has 7 heteroatoms. The molecule has 1 amide bonds. The van der Waals surface area contributed by atoms with Crippen LogP contribution in [0.5, 0.6) is 11.5 Å². The second-order valence-electron chi connectivity index (χ2n) is 5.94. The van der Waals surface area contributed by atoms with Gasteiger partial charge >= 0.3 is 5.97 Å². The zero-order valence-electron chi connectivity index (χ0n) is 15.1. The van der Waals surface area contributed by atoms with Crippen molar-refractivity contribution in [3.05, 3.63) is 59.7 Å². The molecule has 0 aliphatic carbocycles. The molecule has 0 fully saturated rings. The minimum Gasteiger partial charge on any atom is -0.454 e. The van der Waals surface area contributed by atoms with Crippen LogP contribution in [0.25, 0.3) is 0 Å². The molecule has 0 spiro atoms. The Morgan fingerprint density at radius 3 is 2.63 bits per heavy atom. The summed E-state index contributed by atoms with van der Waals surface area (Å²) in [6.07, 6.45) is 0. The number of hydrogen-bond donors (Lipinski definition) is 0. The molecule has 0 unspecified atom stereocenters. The average Bonchev–Trinajstić information content (AvgIpc) is 3.17. The van der Waals surface area contributed by atoms with E-state index < -0.39 is 5.97 Å². The maximum atomic E-state index is 12.5. The Morgan fingerprint density at radius 1 is 1.07 bits per heavy atom. The highest BCUT2D eigenvalue weighted by Gasteiger charge is 2.19. The van der Waals surface area contributed by atoms with Crippen molar-refractivity contribution in [2.45, 2.75) is 6.54 Å². The Labute approximate surface area is 157 Å². The molecule has 1 aliphatic heterocycles. The quantitative estimate of drug-likeness (QED) is 0.663. The Kier molecular flexibility index (Phi) is 6.27. The van der Waals surface area contributed by atoms with Gasteiger partial charge in [-0.2, -0.15) is 0 Å². The third-order valence-electron chi connectivity index (χ3n) is 4.07. The zero-order valence-corrected chi connectivity index (χ0v) is 15.1. The number of benzene rings is 2. The first kappa shape index (κ1) is 18.7. The number of rotatable bonds is 8. The molecule has 1 aliphatic rings. The molecular weight excluding hydrogens is 350 g/mol. The van der Waals surface area contributed by atoms with Gasteiger partial charge in [0.05, 0.1) is 12.2 Å². The van der Waals surface area contributed by atoms with Gasteiger partial charge in [-0.05, 0) is 23.8 Å². The van der Waals surface area contributed by atoms with E-state index in [4.69, 9.17) is 18.9 Å². The Balaban J connectivity index is 1.58. The first-order valence-electron chi connectivity index (χ1n) is 8.55. The molecular formula is C20H21NO6. The van der Waals surface area contributed by atoms with Gasteiger partial charge in [0, 0.05) is 20.2 Å². The monoisotopic (exact) mass is 371 g/mol. The van der Waals surface area contributed by atoms with E-state index in [1.165, 1.54) is 0 Å². The van der Waals surface area contributed by atoms with Gasteiger partial charge in [0.1, 0.15) is 0 Å². The van der Waals surface area contributed by atoms with E-state index in [2.05, 4.69) is 0 Å². The lowest BCUT2D eigenvalue weighted by Crippen LogP contribution is -2.36. The van der Waals surface area contributed by atoms with E-state index in [0.29, 0.717) is 36.8 Å². The summed E-state index contributed by atoms with van der Waals surface area (Å²) in [5, 5.41) is 0. The fourth-order valence-corrected chi connectivity index (χ4v) is 2.62. The first-order chi connectivity index (χ1) is 13.2. The molecule has 142 valence electrons. The molecule has 2 aromatic rings. The van der Waals surface area contributed by atoms with Crippen molar-refractivity contribution in [1.29, 1.82) is 0 Å². The molecule has 0 saturated carbocycles. The number of nitrogens with zero attached hydrogens (tertiary/aromatic N) is 1. The van der Waals surface area contributed by atoms with E-state index >= 15 is 0 Å². The molecule has 27 heavy (non-hydrogen) atoms. The van der Waals surface area contributed by atoms with Crippen molar-refractivity contribution < 1.29 is 28.5 Å². The minimum absolute atomic E-state index is 0.125. The minimum atomic E-state index is -0.590. The lowest BCUT2D eigenvalue weighted by atomic mass is 10.2.